The molecule has 2 aliphatic rings. The second-order valence-electron chi connectivity index (χ2n) is 6.31. The zero-order valence-corrected chi connectivity index (χ0v) is 11.7. The monoisotopic (exact) mass is 254 g/mol. The molecule has 1 atom stereocenters. The number of piperidine rings is 1. The smallest absolute Gasteiger partial charge is 0.223 e. The summed E-state index contributed by atoms with van der Waals surface area (Å²) in [6, 6.07) is 0. The molecule has 1 aliphatic carbocycles. The highest BCUT2D eigenvalue weighted by Crippen LogP contribution is 2.43. The van der Waals surface area contributed by atoms with E-state index in [9.17, 15) is 4.79 Å². The number of ether oxygens (including phenoxy) is 1. The Labute approximate surface area is 110 Å². The van der Waals surface area contributed by atoms with Gasteiger partial charge in [-0.15, -0.1) is 0 Å². The number of carbonyl (C=O) groups excluding carboxylic acids is 1. The van der Waals surface area contributed by atoms with Crippen molar-refractivity contribution in [3.05, 3.63) is 0 Å². The Morgan fingerprint density at radius 3 is 2.56 bits per heavy atom. The van der Waals surface area contributed by atoms with E-state index in [1.54, 1.807) is 7.11 Å². The van der Waals surface area contributed by atoms with Crippen molar-refractivity contribution in [3.63, 3.8) is 0 Å². The van der Waals surface area contributed by atoms with Crippen LogP contribution in [0.5, 0.6) is 0 Å². The molecule has 0 aromatic rings. The quantitative estimate of drug-likeness (QED) is 0.828. The average molecular weight is 254 g/mol. The largest absolute Gasteiger partial charge is 0.377 e. The molecular formula is C14H26N2O2. The maximum atomic E-state index is 12.4. The molecule has 1 aliphatic heterocycles. The summed E-state index contributed by atoms with van der Waals surface area (Å²) in [6.07, 6.45) is 6.15. The number of rotatable bonds is 4. The van der Waals surface area contributed by atoms with Crippen LogP contribution >= 0.6 is 0 Å². The maximum absolute atomic E-state index is 12.4. The highest BCUT2D eigenvalue weighted by Gasteiger charge is 2.40. The minimum absolute atomic E-state index is 0.109. The van der Waals surface area contributed by atoms with E-state index >= 15 is 0 Å². The third kappa shape index (κ3) is 2.69. The number of methoxy groups -OCH3 is 1. The predicted molar refractivity (Wildman–Crippen MR) is 71.2 cm³/mol. The second-order valence-corrected chi connectivity index (χ2v) is 6.31. The molecule has 1 amide bonds. The molecule has 0 spiro atoms. The van der Waals surface area contributed by atoms with Crippen LogP contribution in [-0.2, 0) is 9.53 Å². The van der Waals surface area contributed by atoms with Gasteiger partial charge >= 0.3 is 0 Å². The van der Waals surface area contributed by atoms with Crippen molar-refractivity contribution in [2.24, 2.45) is 11.1 Å². The zero-order valence-electron chi connectivity index (χ0n) is 11.7. The van der Waals surface area contributed by atoms with Gasteiger partial charge in [0.15, 0.2) is 0 Å². The normalized spacial score (nSPS) is 30.9. The van der Waals surface area contributed by atoms with Crippen molar-refractivity contribution in [1.82, 2.24) is 4.90 Å². The number of nitrogens with zero attached hydrogens (tertiary/aromatic N) is 1. The van der Waals surface area contributed by atoms with Crippen LogP contribution in [-0.4, -0.2) is 43.2 Å². The molecule has 2 rings (SSSR count). The zero-order chi connectivity index (χ0) is 13.2. The predicted octanol–water partition coefficient (Wildman–Crippen LogP) is 1.53. The number of likely N-dealkylation sites (tertiary alicyclic amines) is 1. The maximum Gasteiger partial charge on any atom is 0.223 e. The fourth-order valence-electron chi connectivity index (χ4n) is 3.15. The van der Waals surface area contributed by atoms with Crippen LogP contribution in [0.15, 0.2) is 0 Å². The number of amides is 1. The lowest BCUT2D eigenvalue weighted by Gasteiger charge is -2.44. The van der Waals surface area contributed by atoms with Gasteiger partial charge in [-0.05, 0) is 44.6 Å². The van der Waals surface area contributed by atoms with Gasteiger partial charge in [0.25, 0.3) is 0 Å². The molecule has 18 heavy (non-hydrogen) atoms. The summed E-state index contributed by atoms with van der Waals surface area (Å²) in [4.78, 5) is 14.4. The van der Waals surface area contributed by atoms with E-state index in [4.69, 9.17) is 10.5 Å². The van der Waals surface area contributed by atoms with Crippen LogP contribution in [0.1, 0.15) is 45.4 Å². The third-order valence-corrected chi connectivity index (χ3v) is 4.88. The highest BCUT2D eigenvalue weighted by molar-refractivity contribution is 5.77. The van der Waals surface area contributed by atoms with Gasteiger partial charge in [0, 0.05) is 26.6 Å². The Kier molecular flexibility index (Phi) is 3.97. The van der Waals surface area contributed by atoms with Crippen LogP contribution in [0.3, 0.4) is 0 Å². The summed E-state index contributed by atoms with van der Waals surface area (Å²) < 4.78 is 5.54. The first-order valence-corrected chi connectivity index (χ1v) is 7.06. The minimum Gasteiger partial charge on any atom is -0.377 e. The number of hydrogen-bond acceptors (Lipinski definition) is 3. The molecule has 1 saturated heterocycles. The first kappa shape index (κ1) is 13.8. The average Bonchev–Trinajstić information content (AvgIpc) is 2.33. The molecule has 4 heteroatoms. The molecule has 1 unspecified atom stereocenters. The van der Waals surface area contributed by atoms with E-state index < -0.39 is 0 Å². The Bertz CT molecular complexity index is 309. The van der Waals surface area contributed by atoms with E-state index in [0.717, 1.165) is 38.8 Å². The molecule has 1 heterocycles. The topological polar surface area (TPSA) is 55.6 Å². The van der Waals surface area contributed by atoms with Gasteiger partial charge in [0.1, 0.15) is 0 Å². The summed E-state index contributed by atoms with van der Waals surface area (Å²) >= 11 is 0. The number of carbonyl (C=O) groups is 1. The van der Waals surface area contributed by atoms with Gasteiger partial charge in [-0.25, -0.2) is 0 Å². The van der Waals surface area contributed by atoms with E-state index in [1.807, 2.05) is 4.90 Å². The van der Waals surface area contributed by atoms with Crippen molar-refractivity contribution in [3.8, 4) is 0 Å². The van der Waals surface area contributed by atoms with Crippen LogP contribution < -0.4 is 5.73 Å². The van der Waals surface area contributed by atoms with Crippen LogP contribution in [0.2, 0.25) is 0 Å². The van der Waals surface area contributed by atoms with Gasteiger partial charge in [0.2, 0.25) is 5.91 Å². The van der Waals surface area contributed by atoms with E-state index in [2.05, 4.69) is 6.92 Å². The first-order chi connectivity index (χ1) is 8.52. The van der Waals surface area contributed by atoms with Gasteiger partial charge in [0.05, 0.1) is 5.60 Å². The van der Waals surface area contributed by atoms with E-state index in [1.165, 1.54) is 6.42 Å². The van der Waals surface area contributed by atoms with Crippen LogP contribution in [0, 0.1) is 5.41 Å². The Morgan fingerprint density at radius 1 is 1.33 bits per heavy atom. The third-order valence-electron chi connectivity index (χ3n) is 4.88. The summed E-state index contributed by atoms with van der Waals surface area (Å²) in [5, 5.41) is 0. The van der Waals surface area contributed by atoms with Crippen LogP contribution in [0.4, 0.5) is 0 Å². The van der Waals surface area contributed by atoms with Gasteiger partial charge in [-0.2, -0.15) is 0 Å². The van der Waals surface area contributed by atoms with E-state index in [0.29, 0.717) is 13.0 Å². The van der Waals surface area contributed by atoms with Gasteiger partial charge < -0.3 is 15.4 Å². The lowest BCUT2D eigenvalue weighted by molar-refractivity contribution is -0.143. The summed E-state index contributed by atoms with van der Waals surface area (Å²) in [5.41, 5.74) is 5.78. The SMILES string of the molecule is COC1(C)CCCN(C(=O)CC2(CN)CCC2)C1. The molecule has 4 nitrogen and oxygen atoms in total. The molecule has 1 saturated carbocycles. The lowest BCUT2D eigenvalue weighted by atomic mass is 9.66. The van der Waals surface area contributed by atoms with Gasteiger partial charge in [-0.3, -0.25) is 4.79 Å². The van der Waals surface area contributed by atoms with Crippen molar-refractivity contribution in [1.29, 1.82) is 0 Å². The molecule has 104 valence electrons. The molecule has 0 bridgehead atoms. The number of nitrogens with two attached hydrogens (primary N) is 1. The Balaban J connectivity index is 1.92. The van der Waals surface area contributed by atoms with Crippen LogP contribution in [0.25, 0.3) is 0 Å². The first-order valence-electron chi connectivity index (χ1n) is 7.06. The Hall–Kier alpha value is -0.610. The highest BCUT2D eigenvalue weighted by atomic mass is 16.5. The standard InChI is InChI=1S/C14H26N2O2/c1-13(18-2)5-4-8-16(11-13)12(17)9-14(10-15)6-3-7-14/h3-11,15H2,1-2H3. The fourth-order valence-corrected chi connectivity index (χ4v) is 3.15. The molecule has 0 radical (unpaired) electrons. The molecule has 2 N–H and O–H groups in total. The molecule has 0 aromatic carbocycles. The molecule has 2 fully saturated rings. The Morgan fingerprint density at radius 2 is 2.06 bits per heavy atom. The van der Waals surface area contributed by atoms with E-state index in [-0.39, 0.29) is 16.9 Å². The molecular weight excluding hydrogens is 228 g/mol. The van der Waals surface area contributed by atoms with Crippen molar-refractivity contribution >= 4 is 5.91 Å². The second kappa shape index (κ2) is 5.17. The summed E-state index contributed by atoms with van der Waals surface area (Å²) in [6.45, 7) is 4.34. The fraction of sp³-hybridized carbons (Fsp3) is 0.929. The lowest BCUT2D eigenvalue weighted by Crippen LogP contribution is -2.51. The van der Waals surface area contributed by atoms with Gasteiger partial charge in [-0.1, -0.05) is 6.42 Å². The van der Waals surface area contributed by atoms with Crippen molar-refractivity contribution in [2.45, 2.75) is 51.0 Å². The van der Waals surface area contributed by atoms with Crippen molar-refractivity contribution < 1.29 is 9.53 Å². The minimum atomic E-state index is -0.163. The molecule has 0 aromatic heterocycles. The number of hydrogen-bond donors (Lipinski definition) is 1. The summed E-state index contributed by atoms with van der Waals surface area (Å²) in [7, 11) is 1.74. The summed E-state index contributed by atoms with van der Waals surface area (Å²) in [5.74, 6) is 0.267. The van der Waals surface area contributed by atoms with Crippen molar-refractivity contribution in [2.75, 3.05) is 26.7 Å².